The zero-order chi connectivity index (χ0) is 9.98. The van der Waals surface area contributed by atoms with Crippen molar-refractivity contribution in [3.63, 3.8) is 0 Å². The molecule has 12 heavy (non-hydrogen) atoms. The molecule has 0 aromatic rings. The molecule has 4 heteroatoms. The molecule has 0 aliphatic rings. The largest absolute Gasteiger partial charge is 0.550 e. The van der Waals surface area contributed by atoms with Crippen LogP contribution in [0.2, 0.25) is 0 Å². The van der Waals surface area contributed by atoms with Crippen molar-refractivity contribution in [1.29, 1.82) is 0 Å². The van der Waals surface area contributed by atoms with Crippen molar-refractivity contribution < 1.29 is 19.8 Å². The quantitative estimate of drug-likeness (QED) is 0.551. The molecule has 0 rings (SSSR count). The first kappa shape index (κ1) is 13.5. The SMILES string of the molecule is CCCC(=O)[O-].CCCC(=O)[O-]. The summed E-state index contributed by atoms with van der Waals surface area (Å²) in [6, 6.07) is 0. The third-order valence-electron chi connectivity index (χ3n) is 0.908. The highest BCUT2D eigenvalue weighted by Crippen LogP contribution is 1.79. The van der Waals surface area contributed by atoms with E-state index in [0.29, 0.717) is 12.8 Å². The summed E-state index contributed by atoms with van der Waals surface area (Å²) in [4.78, 5) is 19.0. The summed E-state index contributed by atoms with van der Waals surface area (Å²) in [6.45, 7) is 3.60. The minimum atomic E-state index is -0.961. The topological polar surface area (TPSA) is 80.3 Å². The first-order valence-corrected chi connectivity index (χ1v) is 3.94. The van der Waals surface area contributed by atoms with Crippen LogP contribution in [0.25, 0.3) is 0 Å². The summed E-state index contributed by atoms with van der Waals surface area (Å²) in [5.74, 6) is -1.92. The van der Waals surface area contributed by atoms with Crippen molar-refractivity contribution in [2.75, 3.05) is 0 Å². The Morgan fingerprint density at radius 3 is 1.17 bits per heavy atom. The summed E-state index contributed by atoms with van der Waals surface area (Å²) >= 11 is 0. The second-order valence-corrected chi connectivity index (χ2v) is 2.24. The Morgan fingerprint density at radius 2 is 1.17 bits per heavy atom. The van der Waals surface area contributed by atoms with Gasteiger partial charge in [0, 0.05) is 11.9 Å². The van der Waals surface area contributed by atoms with E-state index in [2.05, 4.69) is 0 Å². The molecule has 72 valence electrons. The van der Waals surface area contributed by atoms with E-state index in [4.69, 9.17) is 0 Å². The van der Waals surface area contributed by atoms with Crippen LogP contribution in [0.1, 0.15) is 39.5 Å². The minimum Gasteiger partial charge on any atom is -0.550 e. The third kappa shape index (κ3) is 23.1. The molecule has 0 saturated heterocycles. The van der Waals surface area contributed by atoms with E-state index in [1.165, 1.54) is 0 Å². The van der Waals surface area contributed by atoms with Gasteiger partial charge in [0.2, 0.25) is 0 Å². The van der Waals surface area contributed by atoms with Crippen LogP contribution in [-0.2, 0) is 9.59 Å². The summed E-state index contributed by atoms with van der Waals surface area (Å²) in [5, 5.41) is 19.0. The monoisotopic (exact) mass is 174 g/mol. The molecule has 0 amide bonds. The van der Waals surface area contributed by atoms with E-state index in [-0.39, 0.29) is 12.8 Å². The van der Waals surface area contributed by atoms with Gasteiger partial charge < -0.3 is 19.8 Å². The number of carbonyl (C=O) groups excluding carboxylic acids is 2. The van der Waals surface area contributed by atoms with Gasteiger partial charge in [-0.15, -0.1) is 0 Å². The highest BCUT2D eigenvalue weighted by atomic mass is 16.4. The van der Waals surface area contributed by atoms with Gasteiger partial charge in [0.1, 0.15) is 0 Å². The summed E-state index contributed by atoms with van der Waals surface area (Å²) < 4.78 is 0. The number of carbonyl (C=O) groups is 2. The summed E-state index contributed by atoms with van der Waals surface area (Å²) in [5.41, 5.74) is 0. The Morgan fingerprint density at radius 1 is 0.917 bits per heavy atom. The van der Waals surface area contributed by atoms with Gasteiger partial charge in [-0.1, -0.05) is 26.7 Å². The van der Waals surface area contributed by atoms with Gasteiger partial charge in [-0.2, -0.15) is 0 Å². The Balaban J connectivity index is 0. The Bertz CT molecular complexity index is 115. The number of rotatable bonds is 4. The number of carboxylic acids is 2. The maximum atomic E-state index is 9.49. The maximum absolute atomic E-state index is 9.49. The lowest BCUT2D eigenvalue weighted by Gasteiger charge is -1.92. The molecule has 0 atom stereocenters. The van der Waals surface area contributed by atoms with E-state index in [0.717, 1.165) is 0 Å². The van der Waals surface area contributed by atoms with Crippen molar-refractivity contribution in [3.05, 3.63) is 0 Å². The van der Waals surface area contributed by atoms with Crippen molar-refractivity contribution >= 4 is 11.9 Å². The zero-order valence-corrected chi connectivity index (χ0v) is 7.46. The van der Waals surface area contributed by atoms with Gasteiger partial charge in [-0.05, 0) is 12.8 Å². The predicted molar refractivity (Wildman–Crippen MR) is 39.8 cm³/mol. The smallest absolute Gasteiger partial charge is 0.0414 e. The van der Waals surface area contributed by atoms with Crippen LogP contribution < -0.4 is 10.2 Å². The standard InChI is InChI=1S/2C4H8O2/c2*1-2-3-4(5)6/h2*2-3H2,1H3,(H,5,6)/p-2. The molecule has 0 aliphatic carbocycles. The van der Waals surface area contributed by atoms with Gasteiger partial charge in [0.05, 0.1) is 0 Å². The Labute approximate surface area is 72.2 Å². The highest BCUT2D eigenvalue weighted by Gasteiger charge is 1.75. The van der Waals surface area contributed by atoms with E-state index in [1.54, 1.807) is 13.8 Å². The number of aliphatic carboxylic acids is 2. The van der Waals surface area contributed by atoms with E-state index < -0.39 is 11.9 Å². The van der Waals surface area contributed by atoms with Gasteiger partial charge in [-0.3, -0.25) is 0 Å². The van der Waals surface area contributed by atoms with Crippen LogP contribution in [0.5, 0.6) is 0 Å². The van der Waals surface area contributed by atoms with E-state index in [1.807, 2.05) is 0 Å². The Hall–Kier alpha value is -1.06. The molecule has 0 unspecified atom stereocenters. The lowest BCUT2D eigenvalue weighted by molar-refractivity contribution is -0.307. The second-order valence-electron chi connectivity index (χ2n) is 2.24. The molecule has 0 heterocycles. The predicted octanol–water partition coefficient (Wildman–Crippen LogP) is -0.927. The van der Waals surface area contributed by atoms with Crippen LogP contribution in [0, 0.1) is 0 Å². The summed E-state index contributed by atoms with van der Waals surface area (Å²) in [7, 11) is 0. The summed E-state index contributed by atoms with van der Waals surface area (Å²) in [6.07, 6.45) is 1.70. The number of hydrogen-bond acceptors (Lipinski definition) is 4. The molecular weight excluding hydrogens is 160 g/mol. The normalized spacial score (nSPS) is 8.17. The molecule has 0 N–H and O–H groups in total. The van der Waals surface area contributed by atoms with Crippen LogP contribution in [0.4, 0.5) is 0 Å². The highest BCUT2D eigenvalue weighted by molar-refractivity contribution is 5.64. The lowest BCUT2D eigenvalue weighted by atomic mass is 10.4. The van der Waals surface area contributed by atoms with Crippen LogP contribution in [0.3, 0.4) is 0 Å². The second kappa shape index (κ2) is 9.94. The maximum Gasteiger partial charge on any atom is 0.0414 e. The van der Waals surface area contributed by atoms with E-state index in [9.17, 15) is 19.8 Å². The molecule has 0 aromatic heterocycles. The molecule has 0 aliphatic heterocycles. The fourth-order valence-electron chi connectivity index (χ4n) is 0.408. The lowest BCUT2D eigenvalue weighted by Crippen LogP contribution is -2.20. The fraction of sp³-hybridized carbons (Fsp3) is 0.750. The molecule has 0 saturated carbocycles. The average Bonchev–Trinajstić information content (AvgIpc) is 1.87. The van der Waals surface area contributed by atoms with Crippen LogP contribution >= 0.6 is 0 Å². The van der Waals surface area contributed by atoms with Gasteiger partial charge >= 0.3 is 0 Å². The Kier molecular flexibility index (Phi) is 11.2. The zero-order valence-electron chi connectivity index (χ0n) is 7.46. The van der Waals surface area contributed by atoms with Crippen molar-refractivity contribution in [2.45, 2.75) is 39.5 Å². The van der Waals surface area contributed by atoms with Crippen molar-refractivity contribution in [3.8, 4) is 0 Å². The van der Waals surface area contributed by atoms with Gasteiger partial charge in [0.25, 0.3) is 0 Å². The van der Waals surface area contributed by atoms with Crippen molar-refractivity contribution in [1.82, 2.24) is 0 Å². The molecule has 0 aromatic carbocycles. The molecule has 0 spiro atoms. The molecular formula is C8H14O4-2. The van der Waals surface area contributed by atoms with Crippen LogP contribution in [-0.4, -0.2) is 11.9 Å². The number of hydrogen-bond donors (Lipinski definition) is 0. The number of carboxylic acid groups (broad SMARTS) is 2. The average molecular weight is 174 g/mol. The fourth-order valence-corrected chi connectivity index (χ4v) is 0.408. The first-order chi connectivity index (χ1) is 5.54. The first-order valence-electron chi connectivity index (χ1n) is 3.94. The third-order valence-corrected chi connectivity index (χ3v) is 0.908. The minimum absolute atomic E-state index is 0.181. The van der Waals surface area contributed by atoms with E-state index >= 15 is 0 Å². The van der Waals surface area contributed by atoms with Gasteiger partial charge in [-0.25, -0.2) is 0 Å². The van der Waals surface area contributed by atoms with Crippen LogP contribution in [0.15, 0.2) is 0 Å². The van der Waals surface area contributed by atoms with Crippen molar-refractivity contribution in [2.24, 2.45) is 0 Å². The molecule has 0 bridgehead atoms. The van der Waals surface area contributed by atoms with Gasteiger partial charge in [0.15, 0.2) is 0 Å². The molecule has 0 radical (unpaired) electrons. The molecule has 0 fully saturated rings. The molecule has 4 nitrogen and oxygen atoms in total.